The van der Waals surface area contributed by atoms with E-state index in [0.717, 1.165) is 4.90 Å². The maximum Gasteiger partial charge on any atom is 0.335 e. The lowest BCUT2D eigenvalue weighted by Crippen LogP contribution is -2.54. The Kier molecular flexibility index (Phi) is 5.66. The lowest BCUT2D eigenvalue weighted by molar-refractivity contribution is -0.122. The van der Waals surface area contributed by atoms with Crippen LogP contribution in [0.4, 0.5) is 5.69 Å². The highest BCUT2D eigenvalue weighted by molar-refractivity contribution is 9.10. The number of halogens is 1. The number of anilines is 1. The maximum atomic E-state index is 13.0. The Morgan fingerprint density at radius 3 is 2.66 bits per heavy atom. The van der Waals surface area contributed by atoms with Crippen molar-refractivity contribution in [2.45, 2.75) is 0 Å². The first-order valence-electron chi connectivity index (χ1n) is 8.04. The predicted molar refractivity (Wildman–Crippen MR) is 112 cm³/mol. The zero-order valence-electron chi connectivity index (χ0n) is 14.8. The molecule has 1 heterocycles. The summed E-state index contributed by atoms with van der Waals surface area (Å²) < 4.78 is 5.48. The quantitative estimate of drug-likeness (QED) is 0.352. The Morgan fingerprint density at radius 1 is 1.28 bits per heavy atom. The summed E-state index contributed by atoms with van der Waals surface area (Å²) in [6.45, 7) is 0. The van der Waals surface area contributed by atoms with Crippen molar-refractivity contribution in [2.75, 3.05) is 12.0 Å². The number of hydrogen-bond donors (Lipinski definition) is 3. The molecule has 29 heavy (non-hydrogen) atoms. The van der Waals surface area contributed by atoms with Crippen LogP contribution in [-0.4, -0.2) is 40.2 Å². The van der Waals surface area contributed by atoms with Crippen molar-refractivity contribution in [2.24, 2.45) is 0 Å². The van der Waals surface area contributed by atoms with Crippen molar-refractivity contribution in [3.63, 3.8) is 0 Å². The van der Waals surface area contributed by atoms with E-state index in [1.165, 1.54) is 49.6 Å². The molecule has 10 heteroatoms. The van der Waals surface area contributed by atoms with Crippen LogP contribution in [0.15, 0.2) is 46.4 Å². The number of aromatic carboxylic acids is 1. The van der Waals surface area contributed by atoms with Crippen molar-refractivity contribution < 1.29 is 29.3 Å². The molecule has 2 amide bonds. The summed E-state index contributed by atoms with van der Waals surface area (Å²) in [5.41, 5.74) is 0.345. The van der Waals surface area contributed by atoms with E-state index in [9.17, 15) is 24.6 Å². The SMILES string of the molecule is COc1cc(C=C2C(=O)NC(=S)N(c3cccc(C(=O)O)c3)C2=O)c(Br)cc1O. The first kappa shape index (κ1) is 20.5. The van der Waals surface area contributed by atoms with Gasteiger partial charge in [0, 0.05) is 4.47 Å². The van der Waals surface area contributed by atoms with Gasteiger partial charge in [-0.25, -0.2) is 4.79 Å². The number of nitrogens with zero attached hydrogens (tertiary/aromatic N) is 1. The molecular formula is C19H13BrN2O6S. The normalized spacial score (nSPS) is 15.4. The predicted octanol–water partition coefficient (Wildman–Crippen LogP) is 2.69. The highest BCUT2D eigenvalue weighted by Gasteiger charge is 2.35. The second kappa shape index (κ2) is 8.02. The Balaban J connectivity index is 2.07. The number of phenols is 1. The molecule has 0 saturated carbocycles. The van der Waals surface area contributed by atoms with Crippen LogP contribution < -0.4 is 15.0 Å². The molecule has 8 nitrogen and oxygen atoms in total. The summed E-state index contributed by atoms with van der Waals surface area (Å²) in [6.07, 6.45) is 1.32. The van der Waals surface area contributed by atoms with Gasteiger partial charge in [0.2, 0.25) is 0 Å². The topological polar surface area (TPSA) is 116 Å². The van der Waals surface area contributed by atoms with Crippen molar-refractivity contribution in [3.8, 4) is 11.5 Å². The van der Waals surface area contributed by atoms with Crippen LogP contribution in [0.5, 0.6) is 11.5 Å². The molecule has 2 aromatic rings. The largest absolute Gasteiger partial charge is 0.504 e. The number of carbonyl (C=O) groups is 3. The zero-order chi connectivity index (χ0) is 21.3. The van der Waals surface area contributed by atoms with Gasteiger partial charge in [-0.15, -0.1) is 0 Å². The van der Waals surface area contributed by atoms with E-state index in [-0.39, 0.29) is 33.4 Å². The fourth-order valence-electron chi connectivity index (χ4n) is 2.66. The molecule has 0 atom stereocenters. The van der Waals surface area contributed by atoms with Crippen molar-refractivity contribution in [1.82, 2.24) is 5.32 Å². The Hall–Kier alpha value is -3.24. The van der Waals surface area contributed by atoms with E-state index >= 15 is 0 Å². The van der Waals surface area contributed by atoms with Gasteiger partial charge in [-0.1, -0.05) is 22.0 Å². The number of rotatable bonds is 4. The van der Waals surface area contributed by atoms with E-state index in [1.807, 2.05) is 0 Å². The van der Waals surface area contributed by atoms with E-state index < -0.39 is 17.8 Å². The Morgan fingerprint density at radius 2 is 2.00 bits per heavy atom. The third-order valence-electron chi connectivity index (χ3n) is 4.05. The average molecular weight is 477 g/mol. The monoisotopic (exact) mass is 476 g/mol. The number of benzene rings is 2. The molecule has 0 bridgehead atoms. The third-order valence-corrected chi connectivity index (χ3v) is 5.02. The van der Waals surface area contributed by atoms with Gasteiger partial charge in [0.1, 0.15) is 5.57 Å². The molecule has 0 unspecified atom stereocenters. The summed E-state index contributed by atoms with van der Waals surface area (Å²) >= 11 is 8.38. The van der Waals surface area contributed by atoms with Crippen molar-refractivity contribution in [1.29, 1.82) is 0 Å². The lowest BCUT2D eigenvalue weighted by Gasteiger charge is -2.29. The number of carbonyl (C=O) groups excluding carboxylic acids is 2. The molecule has 1 saturated heterocycles. The van der Waals surface area contributed by atoms with E-state index in [2.05, 4.69) is 21.2 Å². The highest BCUT2D eigenvalue weighted by Crippen LogP contribution is 2.34. The fourth-order valence-corrected chi connectivity index (χ4v) is 3.38. The Labute approximate surface area is 178 Å². The number of thiocarbonyl (C=S) groups is 1. The number of carboxylic acids is 1. The van der Waals surface area contributed by atoms with Gasteiger partial charge in [0.25, 0.3) is 11.8 Å². The zero-order valence-corrected chi connectivity index (χ0v) is 17.2. The molecule has 3 N–H and O–H groups in total. The van der Waals surface area contributed by atoms with Gasteiger partial charge in [-0.05, 0) is 54.2 Å². The van der Waals surface area contributed by atoms with E-state index in [0.29, 0.717) is 10.0 Å². The van der Waals surface area contributed by atoms with Gasteiger partial charge in [0.05, 0.1) is 18.4 Å². The molecule has 0 spiro atoms. The molecular weight excluding hydrogens is 464 g/mol. The smallest absolute Gasteiger partial charge is 0.335 e. The second-order valence-electron chi connectivity index (χ2n) is 5.86. The summed E-state index contributed by atoms with van der Waals surface area (Å²) in [5, 5.41) is 21.3. The average Bonchev–Trinajstić information content (AvgIpc) is 2.66. The van der Waals surface area contributed by atoms with Gasteiger partial charge in [-0.2, -0.15) is 0 Å². The fraction of sp³-hybridized carbons (Fsp3) is 0.0526. The number of hydrogen-bond acceptors (Lipinski definition) is 6. The molecule has 148 valence electrons. The molecule has 0 radical (unpaired) electrons. The lowest BCUT2D eigenvalue weighted by atomic mass is 10.1. The van der Waals surface area contributed by atoms with Crippen molar-refractivity contribution in [3.05, 3.63) is 57.6 Å². The molecule has 1 fully saturated rings. The minimum Gasteiger partial charge on any atom is -0.504 e. The molecule has 0 aromatic heterocycles. The van der Waals surface area contributed by atoms with Crippen molar-refractivity contribution >= 4 is 62.8 Å². The third kappa shape index (κ3) is 3.98. The molecule has 1 aliphatic rings. The van der Waals surface area contributed by atoms with Crippen LogP contribution in [0.2, 0.25) is 0 Å². The van der Waals surface area contributed by atoms with Gasteiger partial charge in [0.15, 0.2) is 16.6 Å². The van der Waals surface area contributed by atoms with E-state index in [4.69, 9.17) is 17.0 Å². The number of ether oxygens (including phenoxy) is 1. The molecule has 3 rings (SSSR count). The standard InChI is InChI=1S/C19H13BrN2O6S/c1-28-15-7-10(13(20)8-14(15)23)6-12-16(24)21-19(29)22(17(12)25)11-4-2-3-9(5-11)18(26)27/h2-8,23H,1H3,(H,26,27)(H,21,24,29). The first-order valence-corrected chi connectivity index (χ1v) is 9.24. The second-order valence-corrected chi connectivity index (χ2v) is 7.10. The van der Waals surface area contributed by atoms with Crippen LogP contribution >= 0.6 is 28.1 Å². The van der Waals surface area contributed by atoms with Crippen LogP contribution in [0.1, 0.15) is 15.9 Å². The summed E-state index contributed by atoms with van der Waals surface area (Å²) in [7, 11) is 1.37. The van der Waals surface area contributed by atoms with Gasteiger partial charge < -0.3 is 14.9 Å². The molecule has 0 aliphatic carbocycles. The Bertz CT molecular complexity index is 1100. The molecule has 1 aliphatic heterocycles. The van der Waals surface area contributed by atoms with Crippen LogP contribution in [0.25, 0.3) is 6.08 Å². The number of methoxy groups -OCH3 is 1. The van der Waals surface area contributed by atoms with Gasteiger partial charge in [-0.3, -0.25) is 19.8 Å². The first-order chi connectivity index (χ1) is 13.7. The highest BCUT2D eigenvalue weighted by atomic mass is 79.9. The number of amides is 2. The van der Waals surface area contributed by atoms with E-state index in [1.54, 1.807) is 0 Å². The minimum atomic E-state index is -1.16. The number of aromatic hydroxyl groups is 1. The van der Waals surface area contributed by atoms with Crippen LogP contribution in [-0.2, 0) is 9.59 Å². The number of phenolic OH excluding ortho intramolecular Hbond substituents is 1. The number of nitrogens with one attached hydrogen (secondary N) is 1. The number of carboxylic acid groups (broad SMARTS) is 1. The summed E-state index contributed by atoms with van der Waals surface area (Å²) in [6, 6.07) is 8.45. The summed E-state index contributed by atoms with van der Waals surface area (Å²) in [5.74, 6) is -2.55. The van der Waals surface area contributed by atoms with Gasteiger partial charge >= 0.3 is 5.97 Å². The van der Waals surface area contributed by atoms with Crippen LogP contribution in [0.3, 0.4) is 0 Å². The maximum absolute atomic E-state index is 13.0. The minimum absolute atomic E-state index is 0.0356. The molecule has 2 aromatic carbocycles. The summed E-state index contributed by atoms with van der Waals surface area (Å²) in [4.78, 5) is 37.7. The van der Waals surface area contributed by atoms with Crippen LogP contribution in [0, 0.1) is 0 Å².